The summed E-state index contributed by atoms with van der Waals surface area (Å²) in [7, 11) is 3.99. The van der Waals surface area contributed by atoms with E-state index in [0.29, 0.717) is 5.69 Å². The quantitative estimate of drug-likeness (QED) is 0.933. The summed E-state index contributed by atoms with van der Waals surface area (Å²) < 4.78 is 13.7. The molecular formula is C17H19FN2O. The number of carbonyl (C=O) groups is 1. The van der Waals surface area contributed by atoms with Gasteiger partial charge in [0.1, 0.15) is 5.82 Å². The largest absolute Gasteiger partial charge is 0.322 e. The van der Waals surface area contributed by atoms with E-state index in [0.717, 1.165) is 17.7 Å². The van der Waals surface area contributed by atoms with Crippen molar-refractivity contribution in [3.63, 3.8) is 0 Å². The lowest BCUT2D eigenvalue weighted by Crippen LogP contribution is -2.14. The van der Waals surface area contributed by atoms with E-state index >= 15 is 0 Å². The van der Waals surface area contributed by atoms with Crippen LogP contribution in [-0.4, -0.2) is 24.9 Å². The molecule has 2 aromatic carbocycles. The Hall–Kier alpha value is -2.20. The highest BCUT2D eigenvalue weighted by Crippen LogP contribution is 2.15. The van der Waals surface area contributed by atoms with E-state index in [-0.39, 0.29) is 5.56 Å². The van der Waals surface area contributed by atoms with Crippen LogP contribution in [0.5, 0.6) is 0 Å². The molecule has 3 nitrogen and oxygen atoms in total. The monoisotopic (exact) mass is 286 g/mol. The summed E-state index contributed by atoms with van der Waals surface area (Å²) in [6.45, 7) is 2.62. The highest BCUT2D eigenvalue weighted by molar-refractivity contribution is 6.04. The number of rotatable bonds is 4. The minimum absolute atomic E-state index is 0.0537. The number of hydrogen-bond acceptors (Lipinski definition) is 2. The fourth-order valence-corrected chi connectivity index (χ4v) is 2.06. The average molecular weight is 286 g/mol. The van der Waals surface area contributed by atoms with Crippen molar-refractivity contribution < 1.29 is 9.18 Å². The van der Waals surface area contributed by atoms with Crippen LogP contribution in [0.2, 0.25) is 0 Å². The molecule has 1 amide bonds. The molecule has 21 heavy (non-hydrogen) atoms. The normalized spacial score (nSPS) is 10.7. The van der Waals surface area contributed by atoms with E-state index in [1.165, 1.54) is 12.1 Å². The zero-order valence-corrected chi connectivity index (χ0v) is 12.5. The Balaban J connectivity index is 2.08. The van der Waals surface area contributed by atoms with Crippen molar-refractivity contribution in [1.82, 2.24) is 4.90 Å². The Morgan fingerprint density at radius 2 is 1.81 bits per heavy atom. The summed E-state index contributed by atoms with van der Waals surface area (Å²) in [4.78, 5) is 14.1. The molecule has 0 aliphatic carbocycles. The fourth-order valence-electron chi connectivity index (χ4n) is 2.06. The SMILES string of the molecule is Cc1ccc(C(=O)Nc2ccc(CN(C)C)cc2)c(F)c1. The van der Waals surface area contributed by atoms with Gasteiger partial charge in [0, 0.05) is 12.2 Å². The third-order valence-corrected chi connectivity index (χ3v) is 3.08. The van der Waals surface area contributed by atoms with Crippen LogP contribution >= 0.6 is 0 Å². The molecule has 1 N–H and O–H groups in total. The number of halogens is 1. The number of aryl methyl sites for hydroxylation is 1. The lowest BCUT2D eigenvalue weighted by Gasteiger charge is -2.11. The number of amides is 1. The minimum atomic E-state index is -0.503. The zero-order valence-electron chi connectivity index (χ0n) is 12.5. The van der Waals surface area contributed by atoms with Gasteiger partial charge in [0.25, 0.3) is 5.91 Å². The van der Waals surface area contributed by atoms with Crippen molar-refractivity contribution in [3.05, 3.63) is 65.0 Å². The summed E-state index contributed by atoms with van der Waals surface area (Å²) in [6, 6.07) is 12.1. The molecule has 0 atom stereocenters. The van der Waals surface area contributed by atoms with Gasteiger partial charge < -0.3 is 10.2 Å². The van der Waals surface area contributed by atoms with Crippen molar-refractivity contribution >= 4 is 11.6 Å². The van der Waals surface area contributed by atoms with Gasteiger partial charge in [0.15, 0.2) is 0 Å². The minimum Gasteiger partial charge on any atom is -0.322 e. The van der Waals surface area contributed by atoms with Gasteiger partial charge in [-0.1, -0.05) is 18.2 Å². The lowest BCUT2D eigenvalue weighted by molar-refractivity contribution is 0.102. The highest BCUT2D eigenvalue weighted by Gasteiger charge is 2.11. The van der Waals surface area contributed by atoms with E-state index in [1.807, 2.05) is 38.4 Å². The summed E-state index contributed by atoms with van der Waals surface area (Å²) in [5.41, 5.74) is 2.65. The average Bonchev–Trinajstić information content (AvgIpc) is 2.40. The molecule has 2 aromatic rings. The summed E-state index contributed by atoms with van der Waals surface area (Å²) in [6.07, 6.45) is 0. The Bertz CT molecular complexity index is 636. The van der Waals surface area contributed by atoms with Gasteiger partial charge in [0.2, 0.25) is 0 Å². The van der Waals surface area contributed by atoms with E-state index in [1.54, 1.807) is 13.0 Å². The first kappa shape index (κ1) is 15.2. The summed E-state index contributed by atoms with van der Waals surface area (Å²) >= 11 is 0. The van der Waals surface area contributed by atoms with Gasteiger partial charge in [-0.05, 0) is 56.4 Å². The smallest absolute Gasteiger partial charge is 0.258 e. The fraction of sp³-hybridized carbons (Fsp3) is 0.235. The topological polar surface area (TPSA) is 32.3 Å². The van der Waals surface area contributed by atoms with Crippen molar-refractivity contribution in [2.24, 2.45) is 0 Å². The third kappa shape index (κ3) is 4.13. The molecule has 0 spiro atoms. The second kappa shape index (κ2) is 6.50. The second-order valence-corrected chi connectivity index (χ2v) is 5.37. The van der Waals surface area contributed by atoms with Crippen LogP contribution in [0.4, 0.5) is 10.1 Å². The first-order valence-electron chi connectivity index (χ1n) is 6.77. The number of benzene rings is 2. The van der Waals surface area contributed by atoms with Crippen molar-refractivity contribution in [2.75, 3.05) is 19.4 Å². The molecule has 0 aliphatic rings. The van der Waals surface area contributed by atoms with Gasteiger partial charge in [-0.2, -0.15) is 0 Å². The van der Waals surface area contributed by atoms with Crippen LogP contribution in [0.15, 0.2) is 42.5 Å². The Morgan fingerprint density at radius 3 is 2.38 bits per heavy atom. The van der Waals surface area contributed by atoms with Crippen molar-refractivity contribution in [1.29, 1.82) is 0 Å². The van der Waals surface area contributed by atoms with E-state index in [9.17, 15) is 9.18 Å². The Morgan fingerprint density at radius 1 is 1.14 bits per heavy atom. The molecule has 0 bridgehead atoms. The van der Waals surface area contributed by atoms with Gasteiger partial charge in [0.05, 0.1) is 5.56 Å². The van der Waals surface area contributed by atoms with Crippen molar-refractivity contribution in [3.8, 4) is 0 Å². The summed E-state index contributed by atoms with van der Waals surface area (Å²) in [5, 5.41) is 2.71. The molecule has 0 aliphatic heterocycles. The van der Waals surface area contributed by atoms with Gasteiger partial charge in [-0.15, -0.1) is 0 Å². The second-order valence-electron chi connectivity index (χ2n) is 5.37. The Kier molecular flexibility index (Phi) is 4.70. The molecule has 0 heterocycles. The number of nitrogens with zero attached hydrogens (tertiary/aromatic N) is 1. The van der Waals surface area contributed by atoms with Gasteiger partial charge in [-0.25, -0.2) is 4.39 Å². The van der Waals surface area contributed by atoms with E-state index in [2.05, 4.69) is 10.2 Å². The van der Waals surface area contributed by atoms with Crippen molar-refractivity contribution in [2.45, 2.75) is 13.5 Å². The van der Waals surface area contributed by atoms with Crippen LogP contribution in [0.25, 0.3) is 0 Å². The van der Waals surface area contributed by atoms with Crippen LogP contribution in [0, 0.1) is 12.7 Å². The van der Waals surface area contributed by atoms with Gasteiger partial charge >= 0.3 is 0 Å². The molecular weight excluding hydrogens is 267 g/mol. The molecule has 110 valence electrons. The predicted octanol–water partition coefficient (Wildman–Crippen LogP) is 3.45. The van der Waals surface area contributed by atoms with Crippen LogP contribution in [0.3, 0.4) is 0 Å². The number of anilines is 1. The van der Waals surface area contributed by atoms with Gasteiger partial charge in [-0.3, -0.25) is 4.79 Å². The highest BCUT2D eigenvalue weighted by atomic mass is 19.1. The van der Waals surface area contributed by atoms with E-state index < -0.39 is 11.7 Å². The van der Waals surface area contributed by atoms with Crippen LogP contribution in [-0.2, 0) is 6.54 Å². The predicted molar refractivity (Wildman–Crippen MR) is 82.9 cm³/mol. The molecule has 0 unspecified atom stereocenters. The maximum atomic E-state index is 13.7. The third-order valence-electron chi connectivity index (χ3n) is 3.08. The first-order chi connectivity index (χ1) is 9.95. The molecule has 0 saturated carbocycles. The number of hydrogen-bond donors (Lipinski definition) is 1. The molecule has 2 rings (SSSR count). The summed E-state index contributed by atoms with van der Waals surface area (Å²) in [5.74, 6) is -0.940. The van der Waals surface area contributed by atoms with Crippen LogP contribution < -0.4 is 5.32 Å². The number of carbonyl (C=O) groups excluding carboxylic acids is 1. The van der Waals surface area contributed by atoms with Crippen LogP contribution in [0.1, 0.15) is 21.5 Å². The standard InChI is InChI=1S/C17H19FN2O/c1-12-4-9-15(16(18)10-12)17(21)19-14-7-5-13(6-8-14)11-20(2)3/h4-10H,11H2,1-3H3,(H,19,21). The molecule has 0 saturated heterocycles. The molecule has 0 aromatic heterocycles. The number of nitrogens with one attached hydrogen (secondary N) is 1. The first-order valence-corrected chi connectivity index (χ1v) is 6.77. The molecule has 4 heteroatoms. The lowest BCUT2D eigenvalue weighted by atomic mass is 10.1. The maximum Gasteiger partial charge on any atom is 0.258 e. The maximum absolute atomic E-state index is 13.7. The zero-order chi connectivity index (χ0) is 15.4. The molecule has 0 radical (unpaired) electrons. The van der Waals surface area contributed by atoms with E-state index in [4.69, 9.17) is 0 Å². The Labute approximate surface area is 124 Å². The molecule has 0 fully saturated rings.